The fourth-order valence-corrected chi connectivity index (χ4v) is 4.62. The Morgan fingerprint density at radius 3 is 2.09 bits per heavy atom. The van der Waals surface area contributed by atoms with E-state index in [9.17, 15) is 18.0 Å². The predicted octanol–water partition coefficient (Wildman–Crippen LogP) is 4.24. The third-order valence-corrected chi connectivity index (χ3v) is 6.92. The van der Waals surface area contributed by atoms with E-state index in [0.29, 0.717) is 17.1 Å². The SMILES string of the molecule is COC(=O)[C@](C)(Cc1ccc(OCCCS(=O)(=O)c2ccc(C)cc2)cc1)NC(=O)OC(C)(C)C. The smallest absolute Gasteiger partial charge is 0.408 e. The fourth-order valence-electron chi connectivity index (χ4n) is 3.34. The van der Waals surface area contributed by atoms with Gasteiger partial charge in [0.25, 0.3) is 0 Å². The summed E-state index contributed by atoms with van der Waals surface area (Å²) in [6.07, 6.45) is -0.197. The summed E-state index contributed by atoms with van der Waals surface area (Å²) in [6, 6.07) is 13.8. The van der Waals surface area contributed by atoms with Gasteiger partial charge in [0, 0.05) is 6.42 Å². The van der Waals surface area contributed by atoms with Gasteiger partial charge in [-0.2, -0.15) is 0 Å². The largest absolute Gasteiger partial charge is 0.494 e. The van der Waals surface area contributed by atoms with Gasteiger partial charge in [-0.05, 0) is 70.9 Å². The zero-order valence-corrected chi connectivity index (χ0v) is 22.0. The van der Waals surface area contributed by atoms with Gasteiger partial charge in [-0.15, -0.1) is 0 Å². The lowest BCUT2D eigenvalue weighted by Crippen LogP contribution is -2.55. The molecule has 0 aliphatic carbocycles. The van der Waals surface area contributed by atoms with Crippen LogP contribution in [-0.2, 0) is 30.5 Å². The van der Waals surface area contributed by atoms with Crippen molar-refractivity contribution in [2.75, 3.05) is 19.5 Å². The molecule has 0 saturated carbocycles. The highest BCUT2D eigenvalue weighted by Gasteiger charge is 2.37. The van der Waals surface area contributed by atoms with Crippen LogP contribution in [0.15, 0.2) is 53.4 Å². The summed E-state index contributed by atoms with van der Waals surface area (Å²) in [5, 5.41) is 2.61. The third kappa shape index (κ3) is 8.90. The molecule has 0 aromatic heterocycles. The van der Waals surface area contributed by atoms with E-state index in [-0.39, 0.29) is 18.8 Å². The van der Waals surface area contributed by atoms with Gasteiger partial charge in [0.2, 0.25) is 0 Å². The molecule has 192 valence electrons. The molecule has 2 aromatic carbocycles. The van der Waals surface area contributed by atoms with Gasteiger partial charge in [0.1, 0.15) is 16.9 Å². The normalized spacial score (nSPS) is 13.4. The molecule has 0 spiro atoms. The fraction of sp³-hybridized carbons (Fsp3) is 0.462. The van der Waals surface area contributed by atoms with E-state index in [0.717, 1.165) is 11.1 Å². The Hall–Kier alpha value is -3.07. The molecule has 0 bridgehead atoms. The summed E-state index contributed by atoms with van der Waals surface area (Å²) >= 11 is 0. The van der Waals surface area contributed by atoms with Gasteiger partial charge < -0.3 is 19.5 Å². The van der Waals surface area contributed by atoms with E-state index >= 15 is 0 Å². The molecule has 0 fully saturated rings. The van der Waals surface area contributed by atoms with Crippen LogP contribution in [0.4, 0.5) is 4.79 Å². The van der Waals surface area contributed by atoms with Crippen molar-refractivity contribution in [1.29, 1.82) is 0 Å². The number of amides is 1. The highest BCUT2D eigenvalue weighted by molar-refractivity contribution is 7.91. The van der Waals surface area contributed by atoms with Crippen LogP contribution >= 0.6 is 0 Å². The molecule has 9 heteroatoms. The lowest BCUT2D eigenvalue weighted by Gasteiger charge is -2.29. The zero-order chi connectivity index (χ0) is 26.3. The molecular formula is C26H35NO7S. The summed E-state index contributed by atoms with van der Waals surface area (Å²) < 4.78 is 40.7. The maximum Gasteiger partial charge on any atom is 0.408 e. The van der Waals surface area contributed by atoms with Gasteiger partial charge in [0.05, 0.1) is 24.4 Å². The van der Waals surface area contributed by atoms with E-state index in [1.807, 2.05) is 6.92 Å². The number of benzene rings is 2. The first-order valence-corrected chi connectivity index (χ1v) is 13.0. The molecule has 1 atom stereocenters. The number of rotatable bonds is 10. The number of hydrogen-bond acceptors (Lipinski definition) is 7. The zero-order valence-electron chi connectivity index (χ0n) is 21.2. The summed E-state index contributed by atoms with van der Waals surface area (Å²) in [6.45, 7) is 8.92. The van der Waals surface area contributed by atoms with E-state index in [1.165, 1.54) is 7.11 Å². The van der Waals surface area contributed by atoms with Crippen LogP contribution in [-0.4, -0.2) is 51.1 Å². The van der Waals surface area contributed by atoms with Crippen molar-refractivity contribution in [1.82, 2.24) is 5.32 Å². The van der Waals surface area contributed by atoms with Gasteiger partial charge in [-0.25, -0.2) is 18.0 Å². The van der Waals surface area contributed by atoms with Crippen LogP contribution in [0.2, 0.25) is 0 Å². The number of methoxy groups -OCH3 is 1. The monoisotopic (exact) mass is 505 g/mol. The van der Waals surface area contributed by atoms with Crippen LogP contribution in [0.5, 0.6) is 5.75 Å². The number of sulfone groups is 1. The average molecular weight is 506 g/mol. The molecular weight excluding hydrogens is 470 g/mol. The van der Waals surface area contributed by atoms with Crippen LogP contribution in [0.25, 0.3) is 0 Å². The first kappa shape index (κ1) is 28.2. The molecule has 0 radical (unpaired) electrons. The van der Waals surface area contributed by atoms with Crippen molar-refractivity contribution in [3.05, 3.63) is 59.7 Å². The van der Waals surface area contributed by atoms with Crippen LogP contribution in [0, 0.1) is 6.92 Å². The quantitative estimate of drug-likeness (QED) is 0.380. The minimum absolute atomic E-state index is 0.0119. The summed E-state index contributed by atoms with van der Waals surface area (Å²) in [7, 11) is -2.10. The molecule has 1 amide bonds. The van der Waals surface area contributed by atoms with Crippen molar-refractivity contribution in [3.63, 3.8) is 0 Å². The van der Waals surface area contributed by atoms with E-state index < -0.39 is 33.0 Å². The highest BCUT2D eigenvalue weighted by atomic mass is 32.2. The molecule has 2 aromatic rings. The second-order valence-corrected chi connectivity index (χ2v) is 11.7. The van der Waals surface area contributed by atoms with E-state index in [1.54, 1.807) is 76.2 Å². The van der Waals surface area contributed by atoms with Gasteiger partial charge in [-0.1, -0.05) is 29.8 Å². The Bertz CT molecular complexity index is 1100. The predicted molar refractivity (Wildman–Crippen MR) is 133 cm³/mol. The Morgan fingerprint density at radius 2 is 1.54 bits per heavy atom. The number of nitrogens with one attached hydrogen (secondary N) is 1. The van der Waals surface area contributed by atoms with Crippen molar-refractivity contribution in [2.24, 2.45) is 0 Å². The maximum atomic E-state index is 12.4. The Labute approximate surface area is 207 Å². The molecule has 0 aliphatic rings. The Balaban J connectivity index is 1.94. The second-order valence-electron chi connectivity index (χ2n) is 9.61. The molecule has 0 saturated heterocycles. The van der Waals surface area contributed by atoms with Gasteiger partial charge >= 0.3 is 12.1 Å². The molecule has 0 unspecified atom stereocenters. The number of carbonyl (C=O) groups excluding carboxylic acids is 2. The number of ether oxygens (including phenoxy) is 3. The van der Waals surface area contributed by atoms with Crippen LogP contribution in [0.3, 0.4) is 0 Å². The van der Waals surface area contributed by atoms with E-state index in [4.69, 9.17) is 14.2 Å². The Morgan fingerprint density at radius 1 is 0.943 bits per heavy atom. The number of aryl methyl sites for hydroxylation is 1. The topological polar surface area (TPSA) is 108 Å². The first-order chi connectivity index (χ1) is 16.2. The van der Waals surface area contributed by atoms with Crippen LogP contribution in [0.1, 0.15) is 45.2 Å². The molecule has 1 N–H and O–H groups in total. The van der Waals surface area contributed by atoms with E-state index in [2.05, 4.69) is 5.32 Å². The van der Waals surface area contributed by atoms with Crippen molar-refractivity contribution in [2.45, 2.75) is 63.5 Å². The third-order valence-electron chi connectivity index (χ3n) is 5.10. The average Bonchev–Trinajstić information content (AvgIpc) is 2.76. The molecule has 0 heterocycles. The highest BCUT2D eigenvalue weighted by Crippen LogP contribution is 2.20. The number of esters is 1. The summed E-state index contributed by atoms with van der Waals surface area (Å²) in [5.41, 5.74) is -0.268. The molecule has 35 heavy (non-hydrogen) atoms. The summed E-state index contributed by atoms with van der Waals surface area (Å²) in [4.78, 5) is 25.0. The Kier molecular flexibility index (Phi) is 9.31. The molecule has 2 rings (SSSR count). The summed E-state index contributed by atoms with van der Waals surface area (Å²) in [5.74, 6) is -0.0399. The lowest BCUT2D eigenvalue weighted by molar-refractivity contribution is -0.147. The number of alkyl carbamates (subject to hydrolysis) is 1. The minimum atomic E-state index is -3.36. The van der Waals surface area contributed by atoms with Gasteiger partial charge in [0.15, 0.2) is 9.84 Å². The minimum Gasteiger partial charge on any atom is -0.494 e. The lowest BCUT2D eigenvalue weighted by atomic mass is 9.93. The number of carbonyl (C=O) groups is 2. The number of hydrogen-bond donors (Lipinski definition) is 1. The van der Waals surface area contributed by atoms with Crippen molar-refractivity contribution < 1.29 is 32.2 Å². The standard InChI is InChI=1S/C26H35NO7S/c1-19-8-14-22(15-9-19)35(30,31)17-7-16-33-21-12-10-20(11-13-21)18-26(5,23(28)32-6)27-24(29)34-25(2,3)4/h8-15H,7,16-18H2,1-6H3,(H,27,29)/t26-/m0/s1. The van der Waals surface area contributed by atoms with Crippen LogP contribution < -0.4 is 10.1 Å². The second kappa shape index (κ2) is 11.6. The molecule has 8 nitrogen and oxygen atoms in total. The first-order valence-electron chi connectivity index (χ1n) is 11.3. The van der Waals surface area contributed by atoms with Crippen molar-refractivity contribution in [3.8, 4) is 5.75 Å². The van der Waals surface area contributed by atoms with Gasteiger partial charge in [-0.3, -0.25) is 0 Å². The van der Waals surface area contributed by atoms with Crippen molar-refractivity contribution >= 4 is 21.9 Å². The molecule has 0 aliphatic heterocycles. The maximum absolute atomic E-state index is 12.4.